The van der Waals surface area contributed by atoms with Crippen LogP contribution in [0.2, 0.25) is 5.02 Å². The smallest absolute Gasteiger partial charge is 0.288 e. The summed E-state index contributed by atoms with van der Waals surface area (Å²) in [5.41, 5.74) is -0.218. The Morgan fingerprint density at radius 2 is 1.82 bits per heavy atom. The van der Waals surface area contributed by atoms with Gasteiger partial charge in [-0.2, -0.15) is 0 Å². The number of carbonyl (C=O) groups excluding carboxylic acids is 3. The minimum Gasteiger partial charge on any atom is -0.497 e. The maximum Gasteiger partial charge on any atom is 0.288 e. The summed E-state index contributed by atoms with van der Waals surface area (Å²) in [6.07, 6.45) is -1.20. The van der Waals surface area contributed by atoms with Gasteiger partial charge in [0.05, 0.1) is 30.7 Å². The molecule has 0 aromatic heterocycles. The van der Waals surface area contributed by atoms with E-state index in [4.69, 9.17) is 25.8 Å². The second-order valence-electron chi connectivity index (χ2n) is 7.27. The average molecular weight is 492 g/mol. The molecule has 0 saturated carbocycles. The predicted molar refractivity (Wildman–Crippen MR) is 121 cm³/mol. The Hall–Kier alpha value is -3.54. The maximum atomic E-state index is 13.4. The molecule has 3 rings (SSSR count). The van der Waals surface area contributed by atoms with Gasteiger partial charge in [-0.3, -0.25) is 24.5 Å². The molecule has 34 heavy (non-hydrogen) atoms. The summed E-state index contributed by atoms with van der Waals surface area (Å²) in [5.74, 6) is -1.31. The van der Waals surface area contributed by atoms with Gasteiger partial charge in [-0.25, -0.2) is 4.90 Å². The first kappa shape index (κ1) is 25.1. The van der Waals surface area contributed by atoms with Gasteiger partial charge in [-0.1, -0.05) is 11.6 Å². The van der Waals surface area contributed by atoms with E-state index in [0.29, 0.717) is 11.4 Å². The third kappa shape index (κ3) is 5.01. The van der Waals surface area contributed by atoms with Crippen LogP contribution in [0.5, 0.6) is 5.75 Å². The number of hydrogen-bond acceptors (Lipinski definition) is 8. The summed E-state index contributed by atoms with van der Waals surface area (Å²) in [7, 11) is 4.20. The molecule has 11 nitrogen and oxygen atoms in total. The summed E-state index contributed by atoms with van der Waals surface area (Å²) in [5, 5.41) is 11.1. The van der Waals surface area contributed by atoms with Crippen LogP contribution in [0, 0.1) is 10.1 Å². The van der Waals surface area contributed by atoms with Crippen molar-refractivity contribution in [2.45, 2.75) is 18.8 Å². The van der Waals surface area contributed by atoms with Gasteiger partial charge in [-0.15, -0.1) is 0 Å². The van der Waals surface area contributed by atoms with Crippen LogP contribution in [-0.4, -0.2) is 67.8 Å². The van der Waals surface area contributed by atoms with E-state index in [1.165, 1.54) is 33.5 Å². The van der Waals surface area contributed by atoms with Crippen molar-refractivity contribution in [3.05, 3.63) is 63.2 Å². The number of imide groups is 1. The molecule has 1 heterocycles. The van der Waals surface area contributed by atoms with Gasteiger partial charge in [0.2, 0.25) is 5.91 Å². The van der Waals surface area contributed by atoms with Crippen LogP contribution in [0.25, 0.3) is 0 Å². The number of nitrogens with zero attached hydrogens (tertiary/aromatic N) is 3. The summed E-state index contributed by atoms with van der Waals surface area (Å²) in [6, 6.07) is 8.69. The molecule has 1 unspecified atom stereocenters. The second-order valence-corrected chi connectivity index (χ2v) is 7.67. The molecule has 1 atom stereocenters. The number of nitro benzene ring substituents is 1. The van der Waals surface area contributed by atoms with E-state index in [0.717, 1.165) is 15.9 Å². The van der Waals surface area contributed by atoms with Crippen LogP contribution in [0.15, 0.2) is 42.5 Å². The first-order chi connectivity index (χ1) is 16.2. The van der Waals surface area contributed by atoms with E-state index in [1.807, 2.05) is 0 Å². The van der Waals surface area contributed by atoms with E-state index in [-0.39, 0.29) is 23.6 Å². The first-order valence-corrected chi connectivity index (χ1v) is 10.4. The predicted octanol–water partition coefficient (Wildman–Crippen LogP) is 2.65. The number of hydrogen-bond donors (Lipinski definition) is 0. The van der Waals surface area contributed by atoms with Crippen LogP contribution in [0.4, 0.5) is 11.4 Å². The van der Waals surface area contributed by atoms with Gasteiger partial charge in [0, 0.05) is 25.8 Å². The van der Waals surface area contributed by atoms with Crippen molar-refractivity contribution >= 4 is 40.7 Å². The highest BCUT2D eigenvalue weighted by molar-refractivity contribution is 6.32. The monoisotopic (exact) mass is 491 g/mol. The minimum atomic E-state index is -1.18. The number of carbonyl (C=O) groups is 3. The zero-order valence-corrected chi connectivity index (χ0v) is 19.4. The van der Waals surface area contributed by atoms with Gasteiger partial charge >= 0.3 is 0 Å². The van der Waals surface area contributed by atoms with E-state index in [1.54, 1.807) is 24.3 Å². The van der Waals surface area contributed by atoms with E-state index < -0.39 is 40.7 Å². The fourth-order valence-electron chi connectivity index (χ4n) is 3.57. The quantitative estimate of drug-likeness (QED) is 0.226. The van der Waals surface area contributed by atoms with Crippen LogP contribution in [-0.2, 0) is 19.1 Å². The van der Waals surface area contributed by atoms with E-state index >= 15 is 0 Å². The molecule has 0 radical (unpaired) electrons. The number of halogens is 1. The van der Waals surface area contributed by atoms with Crippen molar-refractivity contribution in [3.63, 3.8) is 0 Å². The molecule has 1 fully saturated rings. The molecule has 1 saturated heterocycles. The van der Waals surface area contributed by atoms with E-state index in [9.17, 15) is 24.5 Å². The summed E-state index contributed by atoms with van der Waals surface area (Å²) in [6.45, 7) is -0.206. The van der Waals surface area contributed by atoms with Crippen molar-refractivity contribution in [1.82, 2.24) is 4.90 Å². The molecular formula is C22H22ClN3O8. The SMILES string of the molecule is COc1ccc(N2C(=O)CC(N(CC(OC)OC)C(=O)c3ccc(Cl)c([N+](=O)[O-])c3)C2=O)cc1. The standard InChI is InChI=1S/C22H22ClN3O8/c1-32-15-7-5-14(6-8-15)25-19(27)11-18(22(25)29)24(12-20(33-2)34-3)21(28)13-4-9-16(23)17(10-13)26(30)31/h4-10,18,20H,11-12H2,1-3H3. The number of rotatable bonds is 9. The lowest BCUT2D eigenvalue weighted by Crippen LogP contribution is -2.49. The molecular weight excluding hydrogens is 470 g/mol. The largest absolute Gasteiger partial charge is 0.497 e. The Bertz CT molecular complexity index is 1100. The number of nitro groups is 1. The normalized spacial score (nSPS) is 15.7. The van der Waals surface area contributed by atoms with Crippen molar-refractivity contribution in [2.75, 3.05) is 32.8 Å². The van der Waals surface area contributed by atoms with Crippen molar-refractivity contribution in [2.24, 2.45) is 0 Å². The Kier molecular flexibility index (Phi) is 7.82. The average Bonchev–Trinajstić information content (AvgIpc) is 3.13. The number of benzene rings is 2. The Balaban J connectivity index is 1.97. The van der Waals surface area contributed by atoms with Gasteiger partial charge in [0.1, 0.15) is 16.8 Å². The fraction of sp³-hybridized carbons (Fsp3) is 0.318. The van der Waals surface area contributed by atoms with Crippen LogP contribution < -0.4 is 9.64 Å². The van der Waals surface area contributed by atoms with Crippen LogP contribution in [0.1, 0.15) is 16.8 Å². The number of anilines is 1. The molecule has 180 valence electrons. The third-order valence-electron chi connectivity index (χ3n) is 5.35. The highest BCUT2D eigenvalue weighted by Crippen LogP contribution is 2.30. The highest BCUT2D eigenvalue weighted by Gasteiger charge is 2.45. The molecule has 12 heteroatoms. The minimum absolute atomic E-state index is 0.0785. The lowest BCUT2D eigenvalue weighted by atomic mass is 10.1. The number of amides is 3. The fourth-order valence-corrected chi connectivity index (χ4v) is 3.76. The maximum absolute atomic E-state index is 13.4. The lowest BCUT2D eigenvalue weighted by molar-refractivity contribution is -0.384. The van der Waals surface area contributed by atoms with Crippen molar-refractivity contribution in [1.29, 1.82) is 0 Å². The summed E-state index contributed by atoms with van der Waals surface area (Å²) < 4.78 is 15.5. The zero-order valence-electron chi connectivity index (χ0n) is 18.6. The number of ether oxygens (including phenoxy) is 3. The molecule has 0 spiro atoms. The van der Waals surface area contributed by atoms with Gasteiger partial charge in [0.25, 0.3) is 17.5 Å². The van der Waals surface area contributed by atoms with Crippen molar-refractivity contribution in [3.8, 4) is 5.75 Å². The summed E-state index contributed by atoms with van der Waals surface area (Å²) in [4.78, 5) is 52.2. The molecule has 2 aromatic rings. The molecule has 0 N–H and O–H groups in total. The van der Waals surface area contributed by atoms with Crippen molar-refractivity contribution < 1.29 is 33.5 Å². The van der Waals surface area contributed by atoms with Gasteiger partial charge < -0.3 is 19.1 Å². The molecule has 0 aliphatic carbocycles. The topological polar surface area (TPSA) is 129 Å². The third-order valence-corrected chi connectivity index (χ3v) is 5.67. The van der Waals surface area contributed by atoms with E-state index in [2.05, 4.69) is 0 Å². The molecule has 0 bridgehead atoms. The highest BCUT2D eigenvalue weighted by atomic mass is 35.5. The van der Waals surface area contributed by atoms with Crippen LogP contribution >= 0.6 is 11.6 Å². The molecule has 3 amide bonds. The van der Waals surface area contributed by atoms with Crippen LogP contribution in [0.3, 0.4) is 0 Å². The zero-order chi connectivity index (χ0) is 25.0. The lowest BCUT2D eigenvalue weighted by Gasteiger charge is -2.30. The Labute approximate surface area is 199 Å². The molecule has 1 aliphatic heterocycles. The first-order valence-electron chi connectivity index (χ1n) is 10.0. The second kappa shape index (κ2) is 10.6. The Morgan fingerprint density at radius 3 is 2.38 bits per heavy atom. The Morgan fingerprint density at radius 1 is 1.18 bits per heavy atom. The molecule has 2 aromatic carbocycles. The number of methoxy groups -OCH3 is 3. The van der Waals surface area contributed by atoms with Gasteiger partial charge in [-0.05, 0) is 36.4 Å². The molecule has 1 aliphatic rings. The van der Waals surface area contributed by atoms with Gasteiger partial charge in [0.15, 0.2) is 6.29 Å². The summed E-state index contributed by atoms with van der Waals surface area (Å²) >= 11 is 5.86.